The Balaban J connectivity index is 0. The minimum Gasteiger partial charge on any atom is -0.392 e. The molecule has 0 spiro atoms. The highest BCUT2D eigenvalue weighted by atomic mass is 35.5. The fourth-order valence-electron chi connectivity index (χ4n) is 1.27. The summed E-state index contributed by atoms with van der Waals surface area (Å²) in [5.74, 6) is 0. The van der Waals surface area contributed by atoms with Gasteiger partial charge in [0.05, 0.1) is 6.10 Å². The molecule has 12 heavy (non-hydrogen) atoms. The van der Waals surface area contributed by atoms with Crippen LogP contribution in [0.2, 0.25) is 0 Å². The van der Waals surface area contributed by atoms with E-state index in [0.29, 0.717) is 0 Å². The van der Waals surface area contributed by atoms with Crippen molar-refractivity contribution >= 4 is 24.8 Å². The number of hydrogen-bond acceptors (Lipinski definition) is 3. The molecule has 0 aromatic rings. The minimum atomic E-state index is -0.182. The Kier molecular flexibility index (Phi) is 10.1. The van der Waals surface area contributed by atoms with Gasteiger partial charge in [-0.1, -0.05) is 0 Å². The standard InChI is InChI=1S/C7H16N2O.2ClH/c1-7(10)6-9-4-2-8-3-5-9;;/h7-8,10H,2-6H2,1H3;2*1H/t7-;;/m0../s1. The van der Waals surface area contributed by atoms with Crippen LogP contribution in [0.5, 0.6) is 0 Å². The highest BCUT2D eigenvalue weighted by molar-refractivity contribution is 5.85. The largest absolute Gasteiger partial charge is 0.392 e. The van der Waals surface area contributed by atoms with Gasteiger partial charge < -0.3 is 10.4 Å². The first kappa shape index (κ1) is 15.0. The Bertz CT molecular complexity index is 97.4. The van der Waals surface area contributed by atoms with Crippen molar-refractivity contribution in [1.29, 1.82) is 0 Å². The van der Waals surface area contributed by atoms with Crippen molar-refractivity contribution in [3.63, 3.8) is 0 Å². The number of aliphatic hydroxyl groups is 1. The summed E-state index contributed by atoms with van der Waals surface area (Å²) in [6.07, 6.45) is -0.182. The number of rotatable bonds is 2. The van der Waals surface area contributed by atoms with E-state index in [1.807, 2.05) is 6.92 Å². The Morgan fingerprint density at radius 3 is 2.25 bits per heavy atom. The van der Waals surface area contributed by atoms with Crippen LogP contribution in [0, 0.1) is 0 Å². The molecule has 0 aliphatic carbocycles. The average Bonchev–Trinajstić information content (AvgIpc) is 1.88. The molecule has 3 nitrogen and oxygen atoms in total. The van der Waals surface area contributed by atoms with E-state index >= 15 is 0 Å². The molecule has 0 bridgehead atoms. The van der Waals surface area contributed by atoms with Gasteiger partial charge in [0.2, 0.25) is 0 Å². The molecule has 5 heteroatoms. The number of hydrogen-bond donors (Lipinski definition) is 2. The molecule has 1 aliphatic rings. The van der Waals surface area contributed by atoms with Crippen molar-refractivity contribution in [1.82, 2.24) is 10.2 Å². The fraction of sp³-hybridized carbons (Fsp3) is 1.00. The van der Waals surface area contributed by atoms with Gasteiger partial charge in [-0.15, -0.1) is 24.8 Å². The van der Waals surface area contributed by atoms with Crippen LogP contribution >= 0.6 is 24.8 Å². The third-order valence-corrected chi connectivity index (χ3v) is 1.73. The second kappa shape index (κ2) is 8.08. The molecule has 0 amide bonds. The Morgan fingerprint density at radius 2 is 1.83 bits per heavy atom. The maximum Gasteiger partial charge on any atom is 0.0639 e. The third kappa shape index (κ3) is 6.03. The minimum absolute atomic E-state index is 0. The number of nitrogens with one attached hydrogen (secondary N) is 1. The first-order chi connectivity index (χ1) is 4.79. The van der Waals surface area contributed by atoms with E-state index in [9.17, 15) is 0 Å². The summed E-state index contributed by atoms with van der Waals surface area (Å²) in [4.78, 5) is 2.28. The summed E-state index contributed by atoms with van der Waals surface area (Å²) in [6, 6.07) is 0. The number of halogens is 2. The molecule has 1 heterocycles. The Labute approximate surface area is 86.3 Å². The number of β-amino-alcohol motifs (C(OH)–C–C–N with tert-alkyl or cyclic N) is 1. The third-order valence-electron chi connectivity index (χ3n) is 1.73. The van der Waals surface area contributed by atoms with Crippen molar-refractivity contribution in [2.75, 3.05) is 32.7 Å². The average molecular weight is 217 g/mol. The van der Waals surface area contributed by atoms with Gasteiger partial charge in [0.1, 0.15) is 0 Å². The lowest BCUT2D eigenvalue weighted by molar-refractivity contribution is 0.118. The van der Waals surface area contributed by atoms with Crippen molar-refractivity contribution < 1.29 is 5.11 Å². The molecule has 1 fully saturated rings. The molecule has 76 valence electrons. The number of aliphatic hydroxyl groups excluding tert-OH is 1. The molecule has 0 radical (unpaired) electrons. The second-order valence-corrected chi connectivity index (χ2v) is 2.90. The van der Waals surface area contributed by atoms with Gasteiger partial charge in [-0.05, 0) is 6.92 Å². The quantitative estimate of drug-likeness (QED) is 0.689. The fourth-order valence-corrected chi connectivity index (χ4v) is 1.27. The number of nitrogens with zero attached hydrogens (tertiary/aromatic N) is 1. The van der Waals surface area contributed by atoms with Crippen LogP contribution in [-0.4, -0.2) is 48.8 Å². The molecule has 2 N–H and O–H groups in total. The number of piperazine rings is 1. The van der Waals surface area contributed by atoms with Crippen molar-refractivity contribution in [3.05, 3.63) is 0 Å². The monoisotopic (exact) mass is 216 g/mol. The van der Waals surface area contributed by atoms with E-state index in [1.54, 1.807) is 0 Å². The molecule has 0 unspecified atom stereocenters. The van der Waals surface area contributed by atoms with Crippen LogP contribution in [0.15, 0.2) is 0 Å². The summed E-state index contributed by atoms with van der Waals surface area (Å²) in [6.45, 7) is 6.93. The predicted molar refractivity (Wildman–Crippen MR) is 55.5 cm³/mol. The van der Waals surface area contributed by atoms with Crippen molar-refractivity contribution in [2.45, 2.75) is 13.0 Å². The van der Waals surface area contributed by atoms with Crippen LogP contribution in [0.1, 0.15) is 6.92 Å². The van der Waals surface area contributed by atoms with E-state index in [4.69, 9.17) is 5.11 Å². The van der Waals surface area contributed by atoms with Crippen LogP contribution in [0.4, 0.5) is 0 Å². The maximum absolute atomic E-state index is 9.04. The van der Waals surface area contributed by atoms with E-state index in [-0.39, 0.29) is 30.9 Å². The highest BCUT2D eigenvalue weighted by Crippen LogP contribution is 1.93. The zero-order valence-corrected chi connectivity index (χ0v) is 8.96. The predicted octanol–water partition coefficient (Wildman–Crippen LogP) is 0.116. The second-order valence-electron chi connectivity index (χ2n) is 2.90. The molecule has 1 saturated heterocycles. The van der Waals surface area contributed by atoms with E-state index in [0.717, 1.165) is 32.7 Å². The maximum atomic E-state index is 9.04. The lowest BCUT2D eigenvalue weighted by Gasteiger charge is -2.27. The summed E-state index contributed by atoms with van der Waals surface area (Å²) >= 11 is 0. The Morgan fingerprint density at radius 1 is 1.33 bits per heavy atom. The van der Waals surface area contributed by atoms with E-state index in [1.165, 1.54) is 0 Å². The smallest absolute Gasteiger partial charge is 0.0639 e. The van der Waals surface area contributed by atoms with E-state index < -0.39 is 0 Å². The highest BCUT2D eigenvalue weighted by Gasteiger charge is 2.10. The molecule has 1 rings (SSSR count). The lowest BCUT2D eigenvalue weighted by atomic mass is 10.3. The first-order valence-corrected chi connectivity index (χ1v) is 3.90. The SMILES string of the molecule is C[C@H](O)CN1CCNCC1.Cl.Cl. The molecule has 0 aromatic heterocycles. The van der Waals surface area contributed by atoms with Gasteiger partial charge in [-0.3, -0.25) is 4.90 Å². The molecule has 1 aliphatic heterocycles. The topological polar surface area (TPSA) is 35.5 Å². The zero-order valence-electron chi connectivity index (χ0n) is 7.32. The molecule has 0 aromatic carbocycles. The van der Waals surface area contributed by atoms with Gasteiger partial charge in [-0.2, -0.15) is 0 Å². The molecule has 0 saturated carbocycles. The Hall–Kier alpha value is 0.460. The van der Waals surface area contributed by atoms with Gasteiger partial charge in [0.25, 0.3) is 0 Å². The van der Waals surface area contributed by atoms with Crippen LogP contribution in [-0.2, 0) is 0 Å². The van der Waals surface area contributed by atoms with Crippen LogP contribution in [0.3, 0.4) is 0 Å². The normalized spacial score (nSPS) is 20.5. The summed E-state index contributed by atoms with van der Waals surface area (Å²) in [7, 11) is 0. The van der Waals surface area contributed by atoms with Gasteiger partial charge in [-0.25, -0.2) is 0 Å². The summed E-state index contributed by atoms with van der Waals surface area (Å²) in [5.41, 5.74) is 0. The first-order valence-electron chi connectivity index (χ1n) is 3.90. The lowest BCUT2D eigenvalue weighted by Crippen LogP contribution is -2.45. The molecular weight excluding hydrogens is 199 g/mol. The van der Waals surface area contributed by atoms with Gasteiger partial charge >= 0.3 is 0 Å². The van der Waals surface area contributed by atoms with Crippen LogP contribution in [0.25, 0.3) is 0 Å². The van der Waals surface area contributed by atoms with Crippen LogP contribution < -0.4 is 5.32 Å². The molecule has 1 atom stereocenters. The molecular formula is C7H18Cl2N2O. The van der Waals surface area contributed by atoms with E-state index in [2.05, 4.69) is 10.2 Å². The van der Waals surface area contributed by atoms with Gasteiger partial charge in [0.15, 0.2) is 0 Å². The zero-order chi connectivity index (χ0) is 7.40. The van der Waals surface area contributed by atoms with Gasteiger partial charge in [0, 0.05) is 32.7 Å². The van der Waals surface area contributed by atoms with Crippen molar-refractivity contribution in [2.24, 2.45) is 0 Å². The van der Waals surface area contributed by atoms with Crippen molar-refractivity contribution in [3.8, 4) is 0 Å². The summed E-state index contributed by atoms with van der Waals surface area (Å²) < 4.78 is 0. The summed E-state index contributed by atoms with van der Waals surface area (Å²) in [5, 5.41) is 12.3.